The van der Waals surface area contributed by atoms with Gasteiger partial charge in [-0.3, -0.25) is 14.1 Å². The minimum Gasteiger partial charge on any atom is -0.378 e. The molecule has 0 aromatic heterocycles. The van der Waals surface area contributed by atoms with Gasteiger partial charge in [0.2, 0.25) is 0 Å². The molecule has 15 heavy (non-hydrogen) atoms. The third-order valence-electron chi connectivity index (χ3n) is 2.78. The van der Waals surface area contributed by atoms with Gasteiger partial charge in [0.25, 0.3) is 5.91 Å². The number of hydrogen-bond donors (Lipinski definition) is 1. The van der Waals surface area contributed by atoms with Gasteiger partial charge >= 0.3 is 6.03 Å². The van der Waals surface area contributed by atoms with Crippen LogP contribution in [-0.2, 0) is 9.53 Å². The van der Waals surface area contributed by atoms with Crippen LogP contribution in [-0.4, -0.2) is 48.8 Å². The Morgan fingerprint density at radius 1 is 1.53 bits per heavy atom. The summed E-state index contributed by atoms with van der Waals surface area (Å²) in [7, 11) is 0. The second kappa shape index (κ2) is 3.77. The SMILES string of the molecule is O=C1NC2(CCOC2)C(=O)N1CCCF. The lowest BCUT2D eigenvalue weighted by atomic mass is 9.99. The van der Waals surface area contributed by atoms with Gasteiger partial charge < -0.3 is 10.1 Å². The molecular formula is C9H13FN2O3. The Balaban J connectivity index is 2.08. The molecule has 0 radical (unpaired) electrons. The van der Waals surface area contributed by atoms with Gasteiger partial charge in [-0.2, -0.15) is 0 Å². The fraction of sp³-hybridized carbons (Fsp3) is 0.778. The van der Waals surface area contributed by atoms with E-state index in [1.807, 2.05) is 0 Å². The average molecular weight is 216 g/mol. The summed E-state index contributed by atoms with van der Waals surface area (Å²) in [6.45, 7) is 0.316. The van der Waals surface area contributed by atoms with Gasteiger partial charge in [0, 0.05) is 19.6 Å². The fourth-order valence-corrected chi connectivity index (χ4v) is 1.93. The molecule has 5 nitrogen and oxygen atoms in total. The van der Waals surface area contributed by atoms with Gasteiger partial charge in [-0.05, 0) is 6.42 Å². The zero-order valence-corrected chi connectivity index (χ0v) is 8.29. The quantitative estimate of drug-likeness (QED) is 0.678. The fourth-order valence-electron chi connectivity index (χ4n) is 1.93. The predicted octanol–water partition coefficient (Wildman–Crippen LogP) is 0.0569. The Kier molecular flexibility index (Phi) is 2.60. The van der Waals surface area contributed by atoms with Crippen LogP contribution in [0.25, 0.3) is 0 Å². The van der Waals surface area contributed by atoms with E-state index in [0.717, 1.165) is 4.90 Å². The Morgan fingerprint density at radius 3 is 2.93 bits per heavy atom. The molecule has 0 bridgehead atoms. The summed E-state index contributed by atoms with van der Waals surface area (Å²) < 4.78 is 17.1. The number of nitrogens with one attached hydrogen (secondary N) is 1. The van der Waals surface area contributed by atoms with E-state index < -0.39 is 18.2 Å². The first kappa shape index (κ1) is 10.4. The summed E-state index contributed by atoms with van der Waals surface area (Å²) in [5.41, 5.74) is -0.868. The molecule has 1 N–H and O–H groups in total. The highest BCUT2D eigenvalue weighted by atomic mass is 19.1. The van der Waals surface area contributed by atoms with Crippen molar-refractivity contribution in [1.29, 1.82) is 0 Å². The third-order valence-corrected chi connectivity index (χ3v) is 2.78. The molecule has 2 rings (SSSR count). The number of carbonyl (C=O) groups excluding carboxylic acids is 2. The van der Waals surface area contributed by atoms with Crippen molar-refractivity contribution < 1.29 is 18.7 Å². The number of ether oxygens (including phenoxy) is 1. The summed E-state index contributed by atoms with van der Waals surface area (Å²) in [5.74, 6) is -0.279. The summed E-state index contributed by atoms with van der Waals surface area (Å²) >= 11 is 0. The lowest BCUT2D eigenvalue weighted by Crippen LogP contribution is -2.47. The highest BCUT2D eigenvalue weighted by Gasteiger charge is 2.53. The van der Waals surface area contributed by atoms with E-state index in [9.17, 15) is 14.0 Å². The zero-order valence-electron chi connectivity index (χ0n) is 8.29. The molecule has 2 saturated heterocycles. The number of halogens is 1. The summed E-state index contributed by atoms with van der Waals surface area (Å²) in [6, 6.07) is -0.432. The van der Waals surface area contributed by atoms with Crippen LogP contribution in [0.2, 0.25) is 0 Å². The molecule has 0 aromatic carbocycles. The molecule has 0 aromatic rings. The highest BCUT2D eigenvalue weighted by Crippen LogP contribution is 2.26. The first-order valence-electron chi connectivity index (χ1n) is 4.97. The minimum absolute atomic E-state index is 0.142. The number of urea groups is 1. The van der Waals surface area contributed by atoms with Crippen molar-refractivity contribution >= 4 is 11.9 Å². The van der Waals surface area contributed by atoms with E-state index in [1.165, 1.54) is 0 Å². The smallest absolute Gasteiger partial charge is 0.325 e. The summed E-state index contributed by atoms with van der Waals surface area (Å²) in [5, 5.41) is 2.63. The largest absolute Gasteiger partial charge is 0.378 e. The first-order valence-corrected chi connectivity index (χ1v) is 4.97. The van der Waals surface area contributed by atoms with Crippen LogP contribution in [0, 0.1) is 0 Å². The van der Waals surface area contributed by atoms with Crippen molar-refractivity contribution in [3.8, 4) is 0 Å². The van der Waals surface area contributed by atoms with Gasteiger partial charge in [0.15, 0.2) is 0 Å². The van der Waals surface area contributed by atoms with Crippen LogP contribution < -0.4 is 5.32 Å². The topological polar surface area (TPSA) is 58.6 Å². The predicted molar refractivity (Wildman–Crippen MR) is 49.0 cm³/mol. The van der Waals surface area contributed by atoms with Crippen LogP contribution >= 0.6 is 0 Å². The number of amides is 3. The molecule has 2 aliphatic rings. The molecule has 1 unspecified atom stereocenters. The third kappa shape index (κ3) is 1.58. The standard InChI is InChI=1S/C9H13FN2O3/c10-3-1-4-12-7(13)9(11-8(12)14)2-5-15-6-9/h1-6H2,(H,11,14). The van der Waals surface area contributed by atoms with Crippen molar-refractivity contribution in [3.63, 3.8) is 0 Å². The Labute approximate surface area is 86.6 Å². The van der Waals surface area contributed by atoms with Gasteiger partial charge in [-0.25, -0.2) is 4.79 Å². The van der Waals surface area contributed by atoms with Crippen LogP contribution in [0.15, 0.2) is 0 Å². The molecule has 2 aliphatic heterocycles. The van der Waals surface area contributed by atoms with E-state index in [1.54, 1.807) is 0 Å². The van der Waals surface area contributed by atoms with E-state index in [2.05, 4.69) is 5.32 Å². The molecule has 6 heteroatoms. The van der Waals surface area contributed by atoms with Crippen LogP contribution in [0.1, 0.15) is 12.8 Å². The Hall–Kier alpha value is -1.17. The van der Waals surface area contributed by atoms with E-state index >= 15 is 0 Å². The second-order valence-electron chi connectivity index (χ2n) is 3.81. The molecule has 2 heterocycles. The molecule has 2 fully saturated rings. The maximum Gasteiger partial charge on any atom is 0.325 e. The van der Waals surface area contributed by atoms with Crippen LogP contribution in [0.3, 0.4) is 0 Å². The van der Waals surface area contributed by atoms with Crippen LogP contribution in [0.5, 0.6) is 0 Å². The molecule has 1 spiro atoms. The van der Waals surface area contributed by atoms with Crippen molar-refractivity contribution in [3.05, 3.63) is 0 Å². The summed E-state index contributed by atoms with van der Waals surface area (Å²) in [4.78, 5) is 24.4. The van der Waals surface area contributed by atoms with Crippen molar-refractivity contribution in [1.82, 2.24) is 10.2 Å². The van der Waals surface area contributed by atoms with E-state index in [4.69, 9.17) is 4.74 Å². The number of hydrogen-bond acceptors (Lipinski definition) is 3. The van der Waals surface area contributed by atoms with Crippen molar-refractivity contribution in [2.75, 3.05) is 26.4 Å². The average Bonchev–Trinajstić information content (AvgIpc) is 2.75. The lowest BCUT2D eigenvalue weighted by Gasteiger charge is -2.17. The number of alkyl halides is 1. The Morgan fingerprint density at radius 2 is 2.33 bits per heavy atom. The number of nitrogens with zero attached hydrogens (tertiary/aromatic N) is 1. The normalized spacial score (nSPS) is 30.3. The van der Waals surface area contributed by atoms with Crippen LogP contribution in [0.4, 0.5) is 9.18 Å². The number of imide groups is 1. The second-order valence-corrected chi connectivity index (χ2v) is 3.81. The lowest BCUT2D eigenvalue weighted by molar-refractivity contribution is -0.131. The molecule has 3 amide bonds. The number of carbonyl (C=O) groups is 2. The van der Waals surface area contributed by atoms with Crippen molar-refractivity contribution in [2.24, 2.45) is 0 Å². The minimum atomic E-state index is -0.868. The van der Waals surface area contributed by atoms with Gasteiger partial charge in [-0.15, -0.1) is 0 Å². The van der Waals surface area contributed by atoms with Gasteiger partial charge in [0.05, 0.1) is 13.3 Å². The van der Waals surface area contributed by atoms with E-state index in [0.29, 0.717) is 13.0 Å². The Bertz CT molecular complexity index is 289. The molecule has 84 valence electrons. The monoisotopic (exact) mass is 216 g/mol. The van der Waals surface area contributed by atoms with Gasteiger partial charge in [-0.1, -0.05) is 0 Å². The van der Waals surface area contributed by atoms with Crippen molar-refractivity contribution in [2.45, 2.75) is 18.4 Å². The van der Waals surface area contributed by atoms with E-state index in [-0.39, 0.29) is 25.5 Å². The summed E-state index contributed by atoms with van der Waals surface area (Å²) in [6.07, 6.45) is 0.694. The number of rotatable bonds is 3. The highest BCUT2D eigenvalue weighted by molar-refractivity contribution is 6.07. The maximum atomic E-state index is 12.0. The molecular weight excluding hydrogens is 203 g/mol. The maximum absolute atomic E-state index is 12.0. The molecule has 0 saturated carbocycles. The van der Waals surface area contributed by atoms with Gasteiger partial charge in [0.1, 0.15) is 5.54 Å². The molecule has 0 aliphatic carbocycles. The molecule has 1 atom stereocenters. The zero-order chi connectivity index (χ0) is 10.9. The first-order chi connectivity index (χ1) is 7.19.